The standard InChI is InChI=1S/C19H18FNO/c20-19(15-5-6-15)9-7-13(8-10-19)18-14(12-22)11-21-17-4-2-1-3-16(17)18/h1-4,7-9,11,15,22H,5-6,10,12H2. The quantitative estimate of drug-likeness (QED) is 0.921. The van der Waals surface area contributed by atoms with Crippen molar-refractivity contribution in [1.29, 1.82) is 0 Å². The van der Waals surface area contributed by atoms with E-state index in [2.05, 4.69) is 4.98 Å². The zero-order valence-electron chi connectivity index (χ0n) is 12.3. The van der Waals surface area contributed by atoms with Gasteiger partial charge in [-0.15, -0.1) is 0 Å². The number of aliphatic hydroxyl groups excluding tert-OH is 1. The minimum Gasteiger partial charge on any atom is -0.392 e. The molecule has 2 aliphatic rings. The first-order chi connectivity index (χ1) is 10.7. The number of halogens is 1. The Kier molecular flexibility index (Phi) is 3.12. The van der Waals surface area contributed by atoms with Gasteiger partial charge in [0.05, 0.1) is 12.1 Å². The molecule has 0 spiro atoms. The van der Waals surface area contributed by atoms with Crippen LogP contribution >= 0.6 is 0 Å². The summed E-state index contributed by atoms with van der Waals surface area (Å²) < 4.78 is 14.7. The smallest absolute Gasteiger partial charge is 0.135 e. The van der Waals surface area contributed by atoms with E-state index in [4.69, 9.17) is 0 Å². The molecule has 1 unspecified atom stereocenters. The van der Waals surface area contributed by atoms with Crippen molar-refractivity contribution in [3.05, 3.63) is 59.8 Å². The van der Waals surface area contributed by atoms with Gasteiger partial charge in [-0.3, -0.25) is 4.98 Å². The van der Waals surface area contributed by atoms with E-state index in [-0.39, 0.29) is 12.5 Å². The van der Waals surface area contributed by atoms with Crippen molar-refractivity contribution in [3.63, 3.8) is 0 Å². The van der Waals surface area contributed by atoms with Crippen molar-refractivity contribution in [1.82, 2.24) is 4.98 Å². The Balaban J connectivity index is 1.81. The van der Waals surface area contributed by atoms with Crippen molar-refractivity contribution in [2.75, 3.05) is 0 Å². The summed E-state index contributed by atoms with van der Waals surface area (Å²) in [5.41, 5.74) is 2.46. The van der Waals surface area contributed by atoms with E-state index in [0.29, 0.717) is 6.42 Å². The fourth-order valence-corrected chi connectivity index (χ4v) is 3.33. The molecule has 1 N–H and O–H groups in total. The maximum atomic E-state index is 14.7. The van der Waals surface area contributed by atoms with Crippen LogP contribution in [-0.2, 0) is 6.61 Å². The summed E-state index contributed by atoms with van der Waals surface area (Å²) in [7, 11) is 0. The Morgan fingerprint density at radius 2 is 2.09 bits per heavy atom. The van der Waals surface area contributed by atoms with Crippen molar-refractivity contribution in [2.45, 2.75) is 31.5 Å². The first-order valence-electron chi connectivity index (χ1n) is 7.77. The van der Waals surface area contributed by atoms with Crippen LogP contribution < -0.4 is 0 Å². The van der Waals surface area contributed by atoms with Gasteiger partial charge < -0.3 is 5.11 Å². The minimum atomic E-state index is -1.17. The lowest BCUT2D eigenvalue weighted by Crippen LogP contribution is -2.23. The number of hydrogen-bond acceptors (Lipinski definition) is 2. The summed E-state index contributed by atoms with van der Waals surface area (Å²) in [4.78, 5) is 4.39. The van der Waals surface area contributed by atoms with Crippen molar-refractivity contribution < 1.29 is 9.50 Å². The molecule has 0 radical (unpaired) electrons. The second-order valence-electron chi connectivity index (χ2n) is 6.23. The highest BCUT2D eigenvalue weighted by molar-refractivity contribution is 5.95. The van der Waals surface area contributed by atoms with Crippen LogP contribution in [0.5, 0.6) is 0 Å². The minimum absolute atomic E-state index is 0.0677. The molecule has 1 heterocycles. The molecule has 2 aromatic rings. The number of hydrogen-bond donors (Lipinski definition) is 1. The van der Waals surface area contributed by atoms with Gasteiger partial charge in [-0.25, -0.2) is 4.39 Å². The summed E-state index contributed by atoms with van der Waals surface area (Å²) in [5.74, 6) is 0.188. The second-order valence-corrected chi connectivity index (χ2v) is 6.23. The largest absolute Gasteiger partial charge is 0.392 e. The van der Waals surface area contributed by atoms with Gasteiger partial charge >= 0.3 is 0 Å². The Labute approximate surface area is 129 Å². The Hall–Kier alpha value is -2.00. The highest BCUT2D eigenvalue weighted by atomic mass is 19.1. The number of aromatic nitrogens is 1. The molecule has 1 fully saturated rings. The number of benzene rings is 1. The van der Waals surface area contributed by atoms with Crippen molar-refractivity contribution in [3.8, 4) is 0 Å². The zero-order valence-corrected chi connectivity index (χ0v) is 12.3. The molecule has 2 aliphatic carbocycles. The number of fused-ring (bicyclic) bond motifs is 1. The van der Waals surface area contributed by atoms with Gasteiger partial charge in [-0.05, 0) is 42.0 Å². The van der Waals surface area contributed by atoms with Crippen LogP contribution in [0.2, 0.25) is 0 Å². The monoisotopic (exact) mass is 295 g/mol. The van der Waals surface area contributed by atoms with E-state index in [1.807, 2.05) is 36.4 Å². The van der Waals surface area contributed by atoms with Gasteiger partial charge in [0.2, 0.25) is 0 Å². The van der Waals surface area contributed by atoms with E-state index in [1.165, 1.54) is 0 Å². The molecule has 4 rings (SSSR count). The molecule has 3 heteroatoms. The van der Waals surface area contributed by atoms with Crippen LogP contribution in [0.15, 0.2) is 48.7 Å². The molecule has 1 aromatic heterocycles. The molecule has 0 amide bonds. The molecule has 0 aliphatic heterocycles. The number of rotatable bonds is 3. The third-order valence-electron chi connectivity index (χ3n) is 4.74. The fraction of sp³-hybridized carbons (Fsp3) is 0.316. The van der Waals surface area contributed by atoms with Gasteiger partial charge in [0.1, 0.15) is 5.67 Å². The summed E-state index contributed by atoms with van der Waals surface area (Å²) in [6.07, 6.45) is 9.68. The molecule has 22 heavy (non-hydrogen) atoms. The number of alkyl halides is 1. The Morgan fingerprint density at radius 1 is 1.27 bits per heavy atom. The topological polar surface area (TPSA) is 33.1 Å². The molecule has 1 atom stereocenters. The average molecular weight is 295 g/mol. The lowest BCUT2D eigenvalue weighted by Gasteiger charge is -2.24. The van der Waals surface area contributed by atoms with E-state index in [1.54, 1.807) is 12.3 Å². The zero-order chi connectivity index (χ0) is 15.2. The van der Waals surface area contributed by atoms with E-state index < -0.39 is 5.67 Å². The third-order valence-corrected chi connectivity index (χ3v) is 4.74. The Bertz CT molecular complexity index is 791. The fourth-order valence-electron chi connectivity index (χ4n) is 3.33. The normalized spacial score (nSPS) is 24.5. The third kappa shape index (κ3) is 2.17. The molecule has 0 bridgehead atoms. The molecule has 0 saturated heterocycles. The molecule has 1 aromatic carbocycles. The highest BCUT2D eigenvalue weighted by Gasteiger charge is 2.44. The van der Waals surface area contributed by atoms with Crippen molar-refractivity contribution >= 4 is 16.5 Å². The second kappa shape index (κ2) is 5.03. The van der Waals surface area contributed by atoms with Crippen LogP contribution in [0, 0.1) is 5.92 Å². The summed E-state index contributed by atoms with van der Waals surface area (Å²) in [6, 6.07) is 7.87. The lowest BCUT2D eigenvalue weighted by atomic mass is 9.85. The predicted octanol–water partition coefficient (Wildman–Crippen LogP) is 4.19. The number of aliphatic hydroxyl groups is 1. The summed E-state index contributed by atoms with van der Waals surface area (Å²) in [5, 5.41) is 10.6. The molecule has 2 nitrogen and oxygen atoms in total. The van der Waals surface area contributed by atoms with E-state index in [0.717, 1.165) is 40.4 Å². The van der Waals surface area contributed by atoms with Crippen LogP contribution in [-0.4, -0.2) is 15.8 Å². The van der Waals surface area contributed by atoms with Gasteiger partial charge in [-0.2, -0.15) is 0 Å². The summed E-state index contributed by atoms with van der Waals surface area (Å²) in [6.45, 7) is -0.0677. The van der Waals surface area contributed by atoms with Gasteiger partial charge in [-0.1, -0.05) is 30.4 Å². The molecule has 1 saturated carbocycles. The van der Waals surface area contributed by atoms with Gasteiger partial charge in [0.25, 0.3) is 0 Å². The average Bonchev–Trinajstić information content (AvgIpc) is 3.40. The Morgan fingerprint density at radius 3 is 2.77 bits per heavy atom. The number of para-hydroxylation sites is 1. The first-order valence-corrected chi connectivity index (χ1v) is 7.77. The lowest BCUT2D eigenvalue weighted by molar-refractivity contribution is 0.198. The van der Waals surface area contributed by atoms with E-state index in [9.17, 15) is 9.50 Å². The predicted molar refractivity (Wildman–Crippen MR) is 86.0 cm³/mol. The number of allylic oxidation sites excluding steroid dienone is 4. The van der Waals surface area contributed by atoms with Crippen LogP contribution in [0.4, 0.5) is 4.39 Å². The highest BCUT2D eigenvalue weighted by Crippen LogP contribution is 2.48. The number of pyridine rings is 1. The maximum absolute atomic E-state index is 14.7. The number of nitrogens with zero attached hydrogens (tertiary/aromatic N) is 1. The maximum Gasteiger partial charge on any atom is 0.135 e. The van der Waals surface area contributed by atoms with E-state index >= 15 is 0 Å². The molecule has 112 valence electrons. The SMILES string of the molecule is OCc1cnc2ccccc2c1C1=CCC(F)(C2CC2)C=C1. The van der Waals surface area contributed by atoms with Crippen LogP contribution in [0.3, 0.4) is 0 Å². The van der Waals surface area contributed by atoms with Gasteiger partial charge in [0.15, 0.2) is 0 Å². The van der Waals surface area contributed by atoms with Gasteiger partial charge in [0, 0.05) is 23.6 Å². The molecular weight excluding hydrogens is 277 g/mol. The molecular formula is C19H18FNO. The first kappa shape index (κ1) is 13.6. The van der Waals surface area contributed by atoms with Crippen LogP contribution in [0.1, 0.15) is 30.4 Å². The summed E-state index contributed by atoms with van der Waals surface area (Å²) >= 11 is 0. The van der Waals surface area contributed by atoms with Crippen molar-refractivity contribution in [2.24, 2.45) is 5.92 Å². The van der Waals surface area contributed by atoms with Crippen LogP contribution in [0.25, 0.3) is 16.5 Å².